The predicted octanol–water partition coefficient (Wildman–Crippen LogP) is 3.47. The van der Waals surface area contributed by atoms with E-state index in [0.29, 0.717) is 0 Å². The first-order chi connectivity index (χ1) is 9.22. The minimum atomic E-state index is -1.02. The molecule has 0 aromatic heterocycles. The van der Waals surface area contributed by atoms with Crippen molar-refractivity contribution < 1.29 is 19.1 Å². The summed E-state index contributed by atoms with van der Waals surface area (Å²) in [5.74, 6) is -2.30. The Morgan fingerprint density at radius 1 is 1.40 bits per heavy atom. The van der Waals surface area contributed by atoms with Gasteiger partial charge in [-0.2, -0.15) is 0 Å². The van der Waals surface area contributed by atoms with E-state index < -0.39 is 29.8 Å². The van der Waals surface area contributed by atoms with Crippen LogP contribution in [0.5, 0.6) is 0 Å². The zero-order chi connectivity index (χ0) is 15.4. The lowest BCUT2D eigenvalue weighted by Crippen LogP contribution is -2.42. The number of carboxylic acid groups (broad SMARTS) is 1. The Kier molecular flexibility index (Phi) is 5.76. The number of carbonyl (C=O) groups is 2. The number of aliphatic carboxylic acids is 1. The van der Waals surface area contributed by atoms with E-state index in [9.17, 15) is 14.0 Å². The van der Waals surface area contributed by atoms with Crippen LogP contribution in [0, 0.1) is 11.7 Å². The number of amides is 2. The number of benzene rings is 1. The number of carbonyl (C=O) groups excluding carboxylic acids is 1. The molecule has 3 N–H and O–H groups in total. The molecule has 2 unspecified atom stereocenters. The zero-order valence-electron chi connectivity index (χ0n) is 10.7. The summed E-state index contributed by atoms with van der Waals surface area (Å²) in [7, 11) is 0. The molecule has 1 aromatic rings. The smallest absolute Gasteiger partial charge is 0.319 e. The molecule has 0 saturated carbocycles. The van der Waals surface area contributed by atoms with Crippen molar-refractivity contribution in [2.75, 3.05) is 5.32 Å². The van der Waals surface area contributed by atoms with Crippen molar-refractivity contribution >= 4 is 45.2 Å². The fraction of sp³-hybridized carbons (Fsp3) is 0.333. The van der Waals surface area contributed by atoms with Gasteiger partial charge in [-0.3, -0.25) is 4.79 Å². The van der Waals surface area contributed by atoms with Crippen LogP contribution in [-0.4, -0.2) is 23.1 Å². The number of rotatable bonds is 4. The van der Waals surface area contributed by atoms with Crippen molar-refractivity contribution in [3.63, 3.8) is 0 Å². The van der Waals surface area contributed by atoms with E-state index in [1.165, 1.54) is 6.92 Å². The van der Waals surface area contributed by atoms with Gasteiger partial charge in [0.2, 0.25) is 0 Å². The van der Waals surface area contributed by atoms with Crippen LogP contribution in [0.3, 0.4) is 0 Å². The standard InChI is InChI=1S/C12H13BrClFN2O3/c1-5(11(18)19)6(2)16-12(20)17-10-8(13)3-7(15)4-9(10)14/h3-6H,1-2H3,(H,18,19)(H2,16,17,20). The Hall–Kier alpha value is -1.34. The van der Waals surface area contributed by atoms with Crippen LogP contribution in [0.2, 0.25) is 5.02 Å². The molecule has 110 valence electrons. The summed E-state index contributed by atoms with van der Waals surface area (Å²) in [5.41, 5.74) is 0.209. The van der Waals surface area contributed by atoms with Gasteiger partial charge in [0.15, 0.2) is 0 Å². The fourth-order valence-electron chi connectivity index (χ4n) is 1.36. The minimum Gasteiger partial charge on any atom is -0.481 e. The summed E-state index contributed by atoms with van der Waals surface area (Å²) in [6.07, 6.45) is 0. The monoisotopic (exact) mass is 366 g/mol. The third kappa shape index (κ3) is 4.35. The molecule has 2 amide bonds. The molecule has 2 atom stereocenters. The summed E-state index contributed by atoms with van der Waals surface area (Å²) in [5, 5.41) is 13.8. The average Bonchev–Trinajstić information content (AvgIpc) is 2.32. The lowest BCUT2D eigenvalue weighted by Gasteiger charge is -2.18. The number of hydrogen-bond donors (Lipinski definition) is 3. The first kappa shape index (κ1) is 16.7. The second kappa shape index (κ2) is 6.90. The lowest BCUT2D eigenvalue weighted by molar-refractivity contribution is -0.141. The van der Waals surface area contributed by atoms with Gasteiger partial charge in [0.25, 0.3) is 0 Å². The van der Waals surface area contributed by atoms with E-state index >= 15 is 0 Å². The van der Waals surface area contributed by atoms with E-state index in [2.05, 4.69) is 26.6 Å². The van der Waals surface area contributed by atoms with E-state index in [0.717, 1.165) is 12.1 Å². The highest BCUT2D eigenvalue weighted by atomic mass is 79.9. The molecule has 20 heavy (non-hydrogen) atoms. The van der Waals surface area contributed by atoms with Crippen molar-refractivity contribution in [2.24, 2.45) is 5.92 Å². The average molecular weight is 368 g/mol. The Morgan fingerprint density at radius 3 is 2.50 bits per heavy atom. The number of hydrogen-bond acceptors (Lipinski definition) is 2. The Balaban J connectivity index is 2.75. The number of halogens is 3. The minimum absolute atomic E-state index is 0.0333. The molecule has 0 bridgehead atoms. The molecular formula is C12H13BrClFN2O3. The highest BCUT2D eigenvalue weighted by Gasteiger charge is 2.21. The largest absolute Gasteiger partial charge is 0.481 e. The summed E-state index contributed by atoms with van der Waals surface area (Å²) in [6.45, 7) is 3.05. The molecule has 8 heteroatoms. The topological polar surface area (TPSA) is 78.4 Å². The summed E-state index contributed by atoms with van der Waals surface area (Å²) >= 11 is 8.91. The van der Waals surface area contributed by atoms with Gasteiger partial charge in [-0.05, 0) is 41.9 Å². The number of nitrogens with one attached hydrogen (secondary N) is 2. The highest BCUT2D eigenvalue weighted by Crippen LogP contribution is 2.31. The molecule has 0 saturated heterocycles. The highest BCUT2D eigenvalue weighted by molar-refractivity contribution is 9.10. The van der Waals surface area contributed by atoms with Crippen LogP contribution in [0.25, 0.3) is 0 Å². The molecule has 0 radical (unpaired) electrons. The third-order valence-electron chi connectivity index (χ3n) is 2.74. The van der Waals surface area contributed by atoms with Gasteiger partial charge in [-0.15, -0.1) is 0 Å². The van der Waals surface area contributed by atoms with Crippen molar-refractivity contribution in [3.8, 4) is 0 Å². The van der Waals surface area contributed by atoms with Gasteiger partial charge < -0.3 is 15.7 Å². The van der Waals surface area contributed by atoms with Gasteiger partial charge in [0.1, 0.15) is 5.82 Å². The van der Waals surface area contributed by atoms with Crippen LogP contribution in [0.4, 0.5) is 14.9 Å². The molecule has 0 aliphatic rings. The second-order valence-electron chi connectivity index (χ2n) is 4.26. The SMILES string of the molecule is CC(NC(=O)Nc1c(Cl)cc(F)cc1Br)C(C)C(=O)O. The molecule has 5 nitrogen and oxygen atoms in total. The summed E-state index contributed by atoms with van der Waals surface area (Å²) in [6, 6.07) is 1.01. The lowest BCUT2D eigenvalue weighted by atomic mass is 10.0. The fourth-order valence-corrected chi connectivity index (χ4v) is 2.26. The van der Waals surface area contributed by atoms with E-state index in [1.807, 2.05) is 0 Å². The Morgan fingerprint density at radius 2 is 2.00 bits per heavy atom. The van der Waals surface area contributed by atoms with Crippen molar-refractivity contribution in [2.45, 2.75) is 19.9 Å². The van der Waals surface area contributed by atoms with Crippen molar-refractivity contribution in [1.29, 1.82) is 0 Å². The molecule has 1 rings (SSSR count). The number of anilines is 1. The normalized spacial score (nSPS) is 13.4. The van der Waals surface area contributed by atoms with Gasteiger partial charge in [0.05, 0.1) is 16.6 Å². The zero-order valence-corrected chi connectivity index (χ0v) is 13.0. The molecule has 0 fully saturated rings. The van der Waals surface area contributed by atoms with Crippen LogP contribution >= 0.6 is 27.5 Å². The van der Waals surface area contributed by atoms with Gasteiger partial charge in [-0.25, -0.2) is 9.18 Å². The molecule has 0 heterocycles. The van der Waals surface area contributed by atoms with Gasteiger partial charge in [0, 0.05) is 10.5 Å². The summed E-state index contributed by atoms with van der Waals surface area (Å²) < 4.78 is 13.3. The Labute approximate surface area is 128 Å². The van der Waals surface area contributed by atoms with Gasteiger partial charge >= 0.3 is 12.0 Å². The maximum absolute atomic E-state index is 13.0. The predicted molar refractivity (Wildman–Crippen MR) is 77.5 cm³/mol. The maximum Gasteiger partial charge on any atom is 0.319 e. The Bertz CT molecular complexity index is 518. The van der Waals surface area contributed by atoms with Crippen LogP contribution in [-0.2, 0) is 4.79 Å². The van der Waals surface area contributed by atoms with Crippen molar-refractivity contribution in [3.05, 3.63) is 27.4 Å². The second-order valence-corrected chi connectivity index (χ2v) is 5.52. The van der Waals surface area contributed by atoms with E-state index in [-0.39, 0.29) is 15.2 Å². The van der Waals surface area contributed by atoms with E-state index in [4.69, 9.17) is 16.7 Å². The van der Waals surface area contributed by atoms with Gasteiger partial charge in [-0.1, -0.05) is 11.6 Å². The molecule has 0 spiro atoms. The number of carboxylic acids is 1. The molecular weight excluding hydrogens is 354 g/mol. The van der Waals surface area contributed by atoms with Crippen molar-refractivity contribution in [1.82, 2.24) is 5.32 Å². The molecule has 0 aliphatic heterocycles. The van der Waals surface area contributed by atoms with Crippen LogP contribution < -0.4 is 10.6 Å². The number of urea groups is 1. The third-order valence-corrected chi connectivity index (χ3v) is 3.67. The van der Waals surface area contributed by atoms with Crippen LogP contribution in [0.15, 0.2) is 16.6 Å². The van der Waals surface area contributed by atoms with E-state index in [1.54, 1.807) is 6.92 Å². The van der Waals surface area contributed by atoms with Crippen LogP contribution in [0.1, 0.15) is 13.8 Å². The molecule has 1 aromatic carbocycles. The first-order valence-electron chi connectivity index (χ1n) is 5.67. The first-order valence-corrected chi connectivity index (χ1v) is 6.84. The molecule has 0 aliphatic carbocycles. The quantitative estimate of drug-likeness (QED) is 0.762. The maximum atomic E-state index is 13.0. The summed E-state index contributed by atoms with van der Waals surface area (Å²) in [4.78, 5) is 22.5.